The third kappa shape index (κ3) is 5.01. The molecule has 0 aromatic heterocycles. The minimum atomic E-state index is -1.35. The number of benzene rings is 2. The molecule has 0 aliphatic rings. The maximum absolute atomic E-state index is 8.74. The lowest BCUT2D eigenvalue weighted by atomic mass is 10.2. The summed E-state index contributed by atoms with van der Waals surface area (Å²) < 4.78 is 0. The smallest absolute Gasteiger partial charge is 0.129 e. The molecule has 0 aliphatic carbocycles. The largest absolute Gasteiger partial charge is 0.192 e. The Morgan fingerprint density at radius 3 is 1.64 bits per heavy atom. The highest BCUT2D eigenvalue weighted by Gasteiger charge is 2.07. The van der Waals surface area contributed by atoms with Gasteiger partial charge in [-0.05, 0) is 48.5 Å². The van der Waals surface area contributed by atoms with E-state index in [2.05, 4.69) is 47.4 Å². The molecule has 3 nitrogen and oxygen atoms in total. The van der Waals surface area contributed by atoms with E-state index in [0.29, 0.717) is 5.56 Å². The summed E-state index contributed by atoms with van der Waals surface area (Å²) in [4.78, 5) is 0. The summed E-state index contributed by atoms with van der Waals surface area (Å²) >= 11 is 0. The van der Waals surface area contributed by atoms with E-state index in [1.54, 1.807) is 24.3 Å². The molecule has 0 amide bonds. The highest BCUT2D eigenvalue weighted by molar-refractivity contribution is 6.83. The zero-order valence-electron chi connectivity index (χ0n) is 13.0. The van der Waals surface area contributed by atoms with Gasteiger partial charge in [-0.1, -0.05) is 25.6 Å². The van der Waals surface area contributed by atoms with Crippen LogP contribution in [0.4, 0.5) is 11.4 Å². The van der Waals surface area contributed by atoms with Crippen LogP contribution in [0.15, 0.2) is 58.8 Å². The fourth-order valence-corrected chi connectivity index (χ4v) is 2.11. The van der Waals surface area contributed by atoms with Gasteiger partial charge in [0.2, 0.25) is 0 Å². The topological polar surface area (TPSA) is 48.5 Å². The molecule has 0 fully saturated rings. The van der Waals surface area contributed by atoms with Crippen molar-refractivity contribution in [1.82, 2.24) is 0 Å². The Kier molecular flexibility index (Phi) is 4.88. The van der Waals surface area contributed by atoms with Gasteiger partial charge >= 0.3 is 0 Å². The van der Waals surface area contributed by atoms with E-state index < -0.39 is 8.07 Å². The molecule has 0 atom stereocenters. The quantitative estimate of drug-likeness (QED) is 0.427. The number of nitriles is 1. The van der Waals surface area contributed by atoms with E-state index >= 15 is 0 Å². The Hall–Kier alpha value is -2.69. The van der Waals surface area contributed by atoms with Gasteiger partial charge in [0.25, 0.3) is 0 Å². The third-order valence-electron chi connectivity index (χ3n) is 2.73. The standard InChI is InChI=1S/C18H17N3Si/c1-22(2,3)13-12-15-4-8-17(9-5-15)20-21-18-10-6-16(14-19)7-11-18/h4-11H,1-3H3. The summed E-state index contributed by atoms with van der Waals surface area (Å²) in [5.41, 5.74) is 6.45. The van der Waals surface area contributed by atoms with E-state index in [4.69, 9.17) is 5.26 Å². The highest BCUT2D eigenvalue weighted by Crippen LogP contribution is 2.19. The van der Waals surface area contributed by atoms with Gasteiger partial charge in [0.05, 0.1) is 23.0 Å². The average molecular weight is 303 g/mol. The van der Waals surface area contributed by atoms with Crippen molar-refractivity contribution in [2.24, 2.45) is 10.2 Å². The molecule has 2 aromatic carbocycles. The predicted octanol–water partition coefficient (Wildman–Crippen LogP) is 5.20. The lowest BCUT2D eigenvalue weighted by Gasteiger charge is -2.03. The van der Waals surface area contributed by atoms with Crippen LogP contribution in [0.1, 0.15) is 11.1 Å². The Morgan fingerprint density at radius 2 is 1.23 bits per heavy atom. The summed E-state index contributed by atoms with van der Waals surface area (Å²) in [6.07, 6.45) is 0. The number of nitrogens with zero attached hydrogens (tertiary/aromatic N) is 3. The summed E-state index contributed by atoms with van der Waals surface area (Å²) in [6.45, 7) is 6.67. The van der Waals surface area contributed by atoms with Crippen molar-refractivity contribution in [1.29, 1.82) is 5.26 Å². The predicted molar refractivity (Wildman–Crippen MR) is 92.0 cm³/mol. The summed E-state index contributed by atoms with van der Waals surface area (Å²) in [5, 5.41) is 17.1. The fourth-order valence-electron chi connectivity index (χ4n) is 1.59. The lowest BCUT2D eigenvalue weighted by molar-refractivity contribution is 1.23. The van der Waals surface area contributed by atoms with Crippen molar-refractivity contribution in [3.8, 4) is 17.5 Å². The van der Waals surface area contributed by atoms with Gasteiger partial charge in [0.15, 0.2) is 0 Å². The Balaban J connectivity index is 2.08. The van der Waals surface area contributed by atoms with Crippen LogP contribution in [0, 0.1) is 22.8 Å². The van der Waals surface area contributed by atoms with Crippen molar-refractivity contribution in [2.75, 3.05) is 0 Å². The molecule has 2 rings (SSSR count). The molecule has 108 valence electrons. The molecule has 0 aliphatic heterocycles. The van der Waals surface area contributed by atoms with Gasteiger partial charge in [-0.2, -0.15) is 15.5 Å². The van der Waals surface area contributed by atoms with Crippen LogP contribution in [0.25, 0.3) is 0 Å². The first-order valence-corrected chi connectivity index (χ1v) is 10.5. The molecule has 2 aromatic rings. The summed E-state index contributed by atoms with van der Waals surface area (Å²) in [5.74, 6) is 3.21. The molecule has 0 unspecified atom stereocenters. The van der Waals surface area contributed by atoms with Crippen molar-refractivity contribution >= 4 is 19.4 Å². The van der Waals surface area contributed by atoms with Gasteiger partial charge in [0, 0.05) is 5.56 Å². The fraction of sp³-hybridized carbons (Fsp3) is 0.167. The van der Waals surface area contributed by atoms with E-state index in [1.165, 1.54) is 0 Å². The van der Waals surface area contributed by atoms with Gasteiger partial charge in [-0.3, -0.25) is 0 Å². The lowest BCUT2D eigenvalue weighted by Crippen LogP contribution is -2.16. The zero-order valence-corrected chi connectivity index (χ0v) is 14.0. The maximum atomic E-state index is 8.74. The molecule has 0 N–H and O–H groups in total. The van der Waals surface area contributed by atoms with E-state index in [1.807, 2.05) is 24.3 Å². The number of azo groups is 1. The molecule has 0 heterocycles. The van der Waals surface area contributed by atoms with Gasteiger partial charge in [-0.15, -0.1) is 5.54 Å². The first-order valence-electron chi connectivity index (χ1n) is 7.01. The van der Waals surface area contributed by atoms with Gasteiger partial charge in [-0.25, -0.2) is 0 Å². The Morgan fingerprint density at radius 1 is 0.773 bits per heavy atom. The van der Waals surface area contributed by atoms with E-state index in [9.17, 15) is 0 Å². The van der Waals surface area contributed by atoms with Crippen LogP contribution in [-0.2, 0) is 0 Å². The van der Waals surface area contributed by atoms with Crippen LogP contribution in [0.2, 0.25) is 19.6 Å². The molecule has 22 heavy (non-hydrogen) atoms. The highest BCUT2D eigenvalue weighted by atomic mass is 28.3. The van der Waals surface area contributed by atoms with Crippen LogP contribution >= 0.6 is 0 Å². The van der Waals surface area contributed by atoms with E-state index in [-0.39, 0.29) is 0 Å². The van der Waals surface area contributed by atoms with Crippen molar-refractivity contribution in [3.05, 3.63) is 59.7 Å². The minimum Gasteiger partial charge on any atom is -0.192 e. The Bertz CT molecular complexity index is 765. The Labute approximate surface area is 132 Å². The third-order valence-corrected chi connectivity index (χ3v) is 3.60. The molecule has 4 heteroatoms. The molecule has 0 saturated carbocycles. The molecule has 0 radical (unpaired) electrons. The molecule has 0 saturated heterocycles. The zero-order chi connectivity index (χ0) is 16.0. The monoisotopic (exact) mass is 303 g/mol. The van der Waals surface area contributed by atoms with Crippen LogP contribution < -0.4 is 0 Å². The molecular formula is C18H17N3Si. The first-order chi connectivity index (χ1) is 10.5. The second-order valence-electron chi connectivity index (χ2n) is 5.91. The SMILES string of the molecule is C[Si](C)(C)C#Cc1ccc(N=Nc2ccc(C#N)cc2)cc1. The van der Waals surface area contributed by atoms with Crippen LogP contribution in [-0.4, -0.2) is 8.07 Å². The molecular weight excluding hydrogens is 286 g/mol. The molecule has 0 spiro atoms. The molecule has 0 bridgehead atoms. The van der Waals surface area contributed by atoms with Crippen molar-refractivity contribution in [2.45, 2.75) is 19.6 Å². The second kappa shape index (κ2) is 6.84. The van der Waals surface area contributed by atoms with Crippen LogP contribution in [0.3, 0.4) is 0 Å². The minimum absolute atomic E-state index is 0.615. The number of hydrogen-bond acceptors (Lipinski definition) is 3. The van der Waals surface area contributed by atoms with Crippen molar-refractivity contribution < 1.29 is 0 Å². The average Bonchev–Trinajstić information content (AvgIpc) is 2.52. The number of rotatable bonds is 2. The maximum Gasteiger partial charge on any atom is 0.129 e. The summed E-state index contributed by atoms with van der Waals surface area (Å²) in [7, 11) is -1.35. The van der Waals surface area contributed by atoms with Gasteiger partial charge in [0.1, 0.15) is 8.07 Å². The normalized spacial score (nSPS) is 10.8. The van der Waals surface area contributed by atoms with Crippen LogP contribution in [0.5, 0.6) is 0 Å². The van der Waals surface area contributed by atoms with Gasteiger partial charge < -0.3 is 0 Å². The van der Waals surface area contributed by atoms with Crippen molar-refractivity contribution in [3.63, 3.8) is 0 Å². The summed E-state index contributed by atoms with van der Waals surface area (Å²) in [6, 6.07) is 16.8. The van der Waals surface area contributed by atoms with E-state index in [0.717, 1.165) is 16.9 Å². The number of hydrogen-bond donors (Lipinski definition) is 0. The first kappa shape index (κ1) is 15.7. The second-order valence-corrected chi connectivity index (χ2v) is 10.7.